The Labute approximate surface area is 107 Å². The molecule has 0 aromatic heterocycles. The van der Waals surface area contributed by atoms with Crippen LogP contribution < -0.4 is 5.32 Å². The summed E-state index contributed by atoms with van der Waals surface area (Å²) >= 11 is 1.49. The molecule has 4 heteroatoms. The van der Waals surface area contributed by atoms with Crippen molar-refractivity contribution in [1.29, 1.82) is 0 Å². The molecule has 1 aromatic carbocycles. The van der Waals surface area contributed by atoms with Gasteiger partial charge in [0.1, 0.15) is 0 Å². The van der Waals surface area contributed by atoms with Gasteiger partial charge in [0, 0.05) is 11.4 Å². The number of nitrogens with one attached hydrogen (secondary N) is 1. The Morgan fingerprint density at radius 3 is 3.00 bits per heavy atom. The molecule has 0 saturated carbocycles. The maximum absolute atomic E-state index is 11.5. The predicted octanol–water partition coefficient (Wildman–Crippen LogP) is 2.19. The smallest absolute Gasteiger partial charge is 0.230 e. The van der Waals surface area contributed by atoms with Gasteiger partial charge in [0.15, 0.2) is 0 Å². The van der Waals surface area contributed by atoms with Gasteiger partial charge in [-0.25, -0.2) is 0 Å². The highest BCUT2D eigenvalue weighted by Crippen LogP contribution is 2.18. The number of carbonyl (C=O) groups excluding carboxylic acids is 1. The van der Waals surface area contributed by atoms with Gasteiger partial charge in [-0.3, -0.25) is 4.79 Å². The SMILES string of the molecule is CCCCNC(=O)CSc1cccc(CO)c1. The molecule has 0 unspecified atom stereocenters. The van der Waals surface area contributed by atoms with Crippen molar-refractivity contribution < 1.29 is 9.90 Å². The number of hydrogen-bond acceptors (Lipinski definition) is 3. The van der Waals surface area contributed by atoms with Crippen molar-refractivity contribution in [3.05, 3.63) is 29.8 Å². The van der Waals surface area contributed by atoms with Crippen LogP contribution in [0.1, 0.15) is 25.3 Å². The molecule has 0 aliphatic carbocycles. The van der Waals surface area contributed by atoms with E-state index < -0.39 is 0 Å². The zero-order valence-corrected chi connectivity index (χ0v) is 10.9. The number of aliphatic hydroxyl groups is 1. The molecule has 1 rings (SSSR count). The van der Waals surface area contributed by atoms with Crippen LogP contribution in [0.15, 0.2) is 29.2 Å². The van der Waals surface area contributed by atoms with Gasteiger partial charge in [-0.15, -0.1) is 11.8 Å². The summed E-state index contributed by atoms with van der Waals surface area (Å²) in [5.74, 6) is 0.497. The number of benzene rings is 1. The maximum atomic E-state index is 11.5. The number of hydrogen-bond donors (Lipinski definition) is 2. The summed E-state index contributed by atoms with van der Waals surface area (Å²) in [5.41, 5.74) is 0.876. The largest absolute Gasteiger partial charge is 0.392 e. The summed E-state index contributed by atoms with van der Waals surface area (Å²) in [5, 5.41) is 11.9. The summed E-state index contributed by atoms with van der Waals surface area (Å²) in [6.07, 6.45) is 2.11. The van der Waals surface area contributed by atoms with Crippen LogP contribution in [0, 0.1) is 0 Å². The van der Waals surface area contributed by atoms with Crippen LogP contribution in [0.2, 0.25) is 0 Å². The van der Waals surface area contributed by atoms with E-state index >= 15 is 0 Å². The first-order valence-corrected chi connectivity index (χ1v) is 6.84. The lowest BCUT2D eigenvalue weighted by Crippen LogP contribution is -2.25. The average molecular weight is 253 g/mol. The zero-order chi connectivity index (χ0) is 12.5. The lowest BCUT2D eigenvalue weighted by Gasteiger charge is -2.05. The molecule has 0 saturated heterocycles. The van der Waals surface area contributed by atoms with Gasteiger partial charge in [0.2, 0.25) is 5.91 Å². The third kappa shape index (κ3) is 5.75. The summed E-state index contributed by atoms with van der Waals surface area (Å²) in [6.45, 7) is 2.89. The van der Waals surface area contributed by atoms with Crippen molar-refractivity contribution in [1.82, 2.24) is 5.32 Å². The number of carbonyl (C=O) groups is 1. The Bertz CT molecular complexity index is 355. The average Bonchev–Trinajstić information content (AvgIpc) is 2.37. The molecule has 0 bridgehead atoms. The number of thioether (sulfide) groups is 1. The fraction of sp³-hybridized carbons (Fsp3) is 0.462. The van der Waals surface area contributed by atoms with Crippen LogP contribution in [-0.2, 0) is 11.4 Å². The van der Waals surface area contributed by atoms with Crippen LogP contribution in [0.3, 0.4) is 0 Å². The molecule has 0 atom stereocenters. The molecule has 0 aliphatic rings. The van der Waals surface area contributed by atoms with Gasteiger partial charge in [-0.1, -0.05) is 25.5 Å². The minimum absolute atomic E-state index is 0.0388. The molecular weight excluding hydrogens is 234 g/mol. The van der Waals surface area contributed by atoms with E-state index in [1.165, 1.54) is 11.8 Å². The second kappa shape index (κ2) is 8.14. The Hall–Kier alpha value is -1.00. The van der Waals surface area contributed by atoms with Crippen LogP contribution in [0.4, 0.5) is 0 Å². The van der Waals surface area contributed by atoms with Crippen LogP contribution in [-0.4, -0.2) is 23.3 Å². The third-order valence-electron chi connectivity index (χ3n) is 2.30. The van der Waals surface area contributed by atoms with Gasteiger partial charge < -0.3 is 10.4 Å². The number of amides is 1. The predicted molar refractivity (Wildman–Crippen MR) is 71.0 cm³/mol. The molecule has 1 amide bonds. The Balaban J connectivity index is 2.31. The minimum Gasteiger partial charge on any atom is -0.392 e. The van der Waals surface area contributed by atoms with Crippen molar-refractivity contribution in [3.63, 3.8) is 0 Å². The summed E-state index contributed by atoms with van der Waals surface area (Å²) in [6, 6.07) is 7.61. The molecule has 0 fully saturated rings. The van der Waals surface area contributed by atoms with E-state index in [-0.39, 0.29) is 12.5 Å². The van der Waals surface area contributed by atoms with Gasteiger partial charge in [-0.05, 0) is 24.1 Å². The molecule has 94 valence electrons. The molecule has 0 radical (unpaired) electrons. The van der Waals surface area contributed by atoms with E-state index in [0.29, 0.717) is 5.75 Å². The molecule has 17 heavy (non-hydrogen) atoms. The lowest BCUT2D eigenvalue weighted by molar-refractivity contribution is -0.118. The quantitative estimate of drug-likeness (QED) is 0.578. The van der Waals surface area contributed by atoms with Gasteiger partial charge in [0.05, 0.1) is 12.4 Å². The first-order valence-electron chi connectivity index (χ1n) is 5.85. The fourth-order valence-electron chi connectivity index (χ4n) is 1.34. The molecule has 0 heterocycles. The van der Waals surface area contributed by atoms with E-state index in [4.69, 9.17) is 5.11 Å². The monoisotopic (exact) mass is 253 g/mol. The van der Waals surface area contributed by atoms with Gasteiger partial charge in [-0.2, -0.15) is 0 Å². The topological polar surface area (TPSA) is 49.3 Å². The van der Waals surface area contributed by atoms with Crippen LogP contribution in [0.5, 0.6) is 0 Å². The van der Waals surface area contributed by atoms with E-state index in [0.717, 1.165) is 29.8 Å². The van der Waals surface area contributed by atoms with Crippen LogP contribution in [0.25, 0.3) is 0 Å². The van der Waals surface area contributed by atoms with E-state index in [2.05, 4.69) is 12.2 Å². The van der Waals surface area contributed by atoms with Gasteiger partial charge in [0.25, 0.3) is 0 Å². The van der Waals surface area contributed by atoms with Crippen LogP contribution >= 0.6 is 11.8 Å². The highest BCUT2D eigenvalue weighted by atomic mass is 32.2. The summed E-state index contributed by atoms with van der Waals surface area (Å²) in [7, 11) is 0. The number of unbranched alkanes of at least 4 members (excludes halogenated alkanes) is 1. The highest BCUT2D eigenvalue weighted by molar-refractivity contribution is 8.00. The highest BCUT2D eigenvalue weighted by Gasteiger charge is 2.02. The number of rotatable bonds is 7. The molecule has 0 spiro atoms. The van der Waals surface area contributed by atoms with Crippen molar-refractivity contribution in [2.75, 3.05) is 12.3 Å². The molecule has 2 N–H and O–H groups in total. The Morgan fingerprint density at radius 1 is 1.47 bits per heavy atom. The normalized spacial score (nSPS) is 10.2. The second-order valence-corrected chi connectivity index (χ2v) is 4.85. The fourth-order valence-corrected chi connectivity index (χ4v) is 2.15. The van der Waals surface area contributed by atoms with Crippen molar-refractivity contribution in [2.24, 2.45) is 0 Å². The van der Waals surface area contributed by atoms with E-state index in [1.54, 1.807) is 0 Å². The first-order chi connectivity index (χ1) is 8.26. The molecule has 0 aliphatic heterocycles. The zero-order valence-electron chi connectivity index (χ0n) is 10.1. The molecule has 3 nitrogen and oxygen atoms in total. The van der Waals surface area contributed by atoms with Crippen molar-refractivity contribution >= 4 is 17.7 Å². The summed E-state index contributed by atoms with van der Waals surface area (Å²) < 4.78 is 0. The maximum Gasteiger partial charge on any atom is 0.230 e. The van der Waals surface area contributed by atoms with Gasteiger partial charge >= 0.3 is 0 Å². The Morgan fingerprint density at radius 2 is 2.29 bits per heavy atom. The molecular formula is C13H19NO2S. The van der Waals surface area contributed by atoms with E-state index in [9.17, 15) is 4.79 Å². The molecule has 1 aromatic rings. The summed E-state index contributed by atoms with van der Waals surface area (Å²) in [4.78, 5) is 12.5. The minimum atomic E-state index is 0.0388. The standard InChI is InChI=1S/C13H19NO2S/c1-2-3-7-14-13(16)10-17-12-6-4-5-11(8-12)9-15/h4-6,8,15H,2-3,7,9-10H2,1H3,(H,14,16). The third-order valence-corrected chi connectivity index (χ3v) is 3.30. The lowest BCUT2D eigenvalue weighted by atomic mass is 10.2. The Kier molecular flexibility index (Phi) is 6.74. The van der Waals surface area contributed by atoms with Crippen molar-refractivity contribution in [2.45, 2.75) is 31.3 Å². The second-order valence-electron chi connectivity index (χ2n) is 3.80. The van der Waals surface area contributed by atoms with E-state index in [1.807, 2.05) is 24.3 Å². The number of aliphatic hydroxyl groups excluding tert-OH is 1. The first kappa shape index (κ1) is 14.1. The van der Waals surface area contributed by atoms with Crippen molar-refractivity contribution in [3.8, 4) is 0 Å².